The first kappa shape index (κ1) is 12.1. The molecule has 0 aliphatic heterocycles. The van der Waals surface area contributed by atoms with Gasteiger partial charge in [-0.3, -0.25) is 4.79 Å². The van der Waals surface area contributed by atoms with E-state index >= 15 is 0 Å². The van der Waals surface area contributed by atoms with Gasteiger partial charge in [-0.25, -0.2) is 4.98 Å². The lowest BCUT2D eigenvalue weighted by Gasteiger charge is -2.33. The van der Waals surface area contributed by atoms with Gasteiger partial charge >= 0.3 is 0 Å². The van der Waals surface area contributed by atoms with Crippen molar-refractivity contribution in [3.63, 3.8) is 0 Å². The molecular formula is C12H12BrN3O. The molecule has 4 nitrogen and oxygen atoms in total. The van der Waals surface area contributed by atoms with Crippen LogP contribution in [0.2, 0.25) is 0 Å². The minimum Gasteiger partial charge on any atom is -0.309 e. The molecule has 88 valence electrons. The highest BCUT2D eigenvalue weighted by molar-refractivity contribution is 9.10. The highest BCUT2D eigenvalue weighted by Crippen LogP contribution is 2.41. The molecule has 0 aromatic carbocycles. The third kappa shape index (κ3) is 2.18. The van der Waals surface area contributed by atoms with Crippen molar-refractivity contribution in [2.24, 2.45) is 5.41 Å². The Morgan fingerprint density at radius 3 is 2.82 bits per heavy atom. The van der Waals surface area contributed by atoms with Crippen LogP contribution in [0, 0.1) is 23.7 Å². The monoisotopic (exact) mass is 293 g/mol. The summed E-state index contributed by atoms with van der Waals surface area (Å²) in [6.07, 6.45) is 3.87. The van der Waals surface area contributed by atoms with E-state index in [-0.39, 0.29) is 5.91 Å². The Kier molecular flexibility index (Phi) is 3.16. The van der Waals surface area contributed by atoms with Crippen LogP contribution in [0.5, 0.6) is 0 Å². The molecule has 1 fully saturated rings. The third-order valence-corrected chi connectivity index (χ3v) is 3.97. The van der Waals surface area contributed by atoms with Crippen molar-refractivity contribution < 1.29 is 4.79 Å². The molecule has 0 saturated heterocycles. The van der Waals surface area contributed by atoms with Gasteiger partial charge in [0.1, 0.15) is 11.2 Å². The molecule has 0 atom stereocenters. The third-order valence-electron chi connectivity index (χ3n) is 3.14. The van der Waals surface area contributed by atoms with Gasteiger partial charge in [0.25, 0.3) is 0 Å². The number of carbonyl (C=O) groups is 1. The fourth-order valence-corrected chi connectivity index (χ4v) is 1.98. The van der Waals surface area contributed by atoms with E-state index in [4.69, 9.17) is 5.26 Å². The van der Waals surface area contributed by atoms with Crippen LogP contribution in [0.15, 0.2) is 16.7 Å². The van der Waals surface area contributed by atoms with E-state index in [1.807, 2.05) is 6.92 Å². The molecule has 0 bridgehead atoms. The van der Waals surface area contributed by atoms with Crippen LogP contribution >= 0.6 is 15.9 Å². The van der Waals surface area contributed by atoms with Gasteiger partial charge in [-0.15, -0.1) is 0 Å². The van der Waals surface area contributed by atoms with E-state index in [0.29, 0.717) is 18.7 Å². The summed E-state index contributed by atoms with van der Waals surface area (Å²) in [7, 11) is 0. The summed E-state index contributed by atoms with van der Waals surface area (Å²) in [5.41, 5.74) is 0.165. The number of pyridine rings is 1. The number of anilines is 1. The number of nitrogens with one attached hydrogen (secondary N) is 1. The van der Waals surface area contributed by atoms with Crippen molar-refractivity contribution in [3.05, 3.63) is 22.3 Å². The molecule has 1 aliphatic rings. The maximum Gasteiger partial charge on any atom is 0.246 e. The van der Waals surface area contributed by atoms with Gasteiger partial charge in [0.15, 0.2) is 0 Å². The van der Waals surface area contributed by atoms with E-state index in [9.17, 15) is 4.79 Å². The van der Waals surface area contributed by atoms with Crippen LogP contribution in [0.1, 0.15) is 24.8 Å². The van der Waals surface area contributed by atoms with Gasteiger partial charge in [-0.05, 0) is 53.7 Å². The second kappa shape index (κ2) is 4.46. The van der Waals surface area contributed by atoms with E-state index in [1.54, 1.807) is 12.3 Å². The molecule has 2 rings (SSSR count). The molecule has 0 spiro atoms. The number of carbonyl (C=O) groups excluding carboxylic acids is 1. The highest BCUT2D eigenvalue weighted by atomic mass is 79.9. The van der Waals surface area contributed by atoms with Crippen molar-refractivity contribution >= 4 is 27.7 Å². The Morgan fingerprint density at radius 2 is 2.35 bits per heavy atom. The van der Waals surface area contributed by atoms with Crippen LogP contribution in [-0.2, 0) is 4.79 Å². The first-order valence-corrected chi connectivity index (χ1v) is 6.21. The number of aromatic nitrogens is 1. The average Bonchev–Trinajstić information content (AvgIpc) is 2.23. The van der Waals surface area contributed by atoms with Crippen molar-refractivity contribution in [3.8, 4) is 6.07 Å². The van der Waals surface area contributed by atoms with Crippen LogP contribution in [-0.4, -0.2) is 10.9 Å². The largest absolute Gasteiger partial charge is 0.309 e. The molecular weight excluding hydrogens is 282 g/mol. The van der Waals surface area contributed by atoms with Crippen LogP contribution < -0.4 is 5.32 Å². The van der Waals surface area contributed by atoms with Crippen molar-refractivity contribution in [2.45, 2.75) is 26.2 Å². The van der Waals surface area contributed by atoms with Crippen molar-refractivity contribution in [1.29, 1.82) is 5.26 Å². The summed E-state index contributed by atoms with van der Waals surface area (Å²) in [4.78, 5) is 16.1. The first-order chi connectivity index (χ1) is 8.07. The fourth-order valence-electron chi connectivity index (χ4n) is 1.76. The minimum atomic E-state index is -0.831. The second-order valence-corrected chi connectivity index (χ2v) is 5.17. The molecule has 1 amide bonds. The van der Waals surface area contributed by atoms with E-state index in [1.165, 1.54) is 0 Å². The zero-order chi connectivity index (χ0) is 12.5. The molecule has 1 aromatic rings. The smallest absolute Gasteiger partial charge is 0.246 e. The highest BCUT2D eigenvalue weighted by Gasteiger charge is 2.44. The van der Waals surface area contributed by atoms with Gasteiger partial charge in [-0.1, -0.05) is 0 Å². The molecule has 0 unspecified atom stereocenters. The van der Waals surface area contributed by atoms with E-state index in [0.717, 1.165) is 16.5 Å². The molecule has 1 heterocycles. The number of nitrogens with zero attached hydrogens (tertiary/aromatic N) is 2. The maximum atomic E-state index is 12.0. The number of hydrogen-bond donors (Lipinski definition) is 1. The Bertz CT molecular complexity index is 503. The molecule has 1 aliphatic carbocycles. The predicted octanol–water partition coefficient (Wildman–Crippen LogP) is 2.78. The van der Waals surface area contributed by atoms with Gasteiger partial charge in [0.2, 0.25) is 5.91 Å². The number of nitriles is 1. The summed E-state index contributed by atoms with van der Waals surface area (Å²) in [5, 5.41) is 11.8. The Labute approximate surface area is 108 Å². The second-order valence-electron chi connectivity index (χ2n) is 4.32. The number of amides is 1. The fraction of sp³-hybridized carbons (Fsp3) is 0.417. The van der Waals surface area contributed by atoms with Gasteiger partial charge < -0.3 is 5.32 Å². The van der Waals surface area contributed by atoms with Crippen LogP contribution in [0.4, 0.5) is 5.82 Å². The SMILES string of the molecule is Cc1cc(NC(=O)C2(C#N)CCC2)ncc1Br. The molecule has 5 heteroatoms. The normalized spacial score (nSPS) is 16.8. The zero-order valence-corrected chi connectivity index (χ0v) is 11.0. The number of rotatable bonds is 2. The van der Waals surface area contributed by atoms with Gasteiger partial charge in [-0.2, -0.15) is 5.26 Å². The number of aryl methyl sites for hydroxylation is 1. The lowest BCUT2D eigenvalue weighted by atomic mass is 9.69. The summed E-state index contributed by atoms with van der Waals surface area (Å²) in [5.74, 6) is 0.262. The van der Waals surface area contributed by atoms with Crippen LogP contribution in [0.25, 0.3) is 0 Å². The van der Waals surface area contributed by atoms with Gasteiger partial charge in [0, 0.05) is 10.7 Å². The summed E-state index contributed by atoms with van der Waals surface area (Å²) >= 11 is 3.35. The maximum absolute atomic E-state index is 12.0. The van der Waals surface area contributed by atoms with Crippen LogP contribution in [0.3, 0.4) is 0 Å². The lowest BCUT2D eigenvalue weighted by Crippen LogP contribution is -2.40. The molecule has 17 heavy (non-hydrogen) atoms. The Balaban J connectivity index is 2.13. The summed E-state index contributed by atoms with van der Waals surface area (Å²) < 4.78 is 0.897. The molecule has 1 aromatic heterocycles. The van der Waals surface area contributed by atoms with Gasteiger partial charge in [0.05, 0.1) is 6.07 Å². The minimum absolute atomic E-state index is 0.236. The standard InChI is InChI=1S/C12H12BrN3O/c1-8-5-10(15-6-9(8)13)16-11(17)12(7-14)3-2-4-12/h5-6H,2-4H2,1H3,(H,15,16,17). The summed E-state index contributed by atoms with van der Waals surface area (Å²) in [6.45, 7) is 1.92. The number of halogens is 1. The quantitative estimate of drug-likeness (QED) is 0.912. The van der Waals surface area contributed by atoms with Crippen molar-refractivity contribution in [2.75, 3.05) is 5.32 Å². The lowest BCUT2D eigenvalue weighted by molar-refractivity contribution is -0.126. The molecule has 1 N–H and O–H groups in total. The molecule has 0 radical (unpaired) electrons. The van der Waals surface area contributed by atoms with E-state index < -0.39 is 5.41 Å². The Hall–Kier alpha value is -1.41. The van der Waals surface area contributed by atoms with E-state index in [2.05, 4.69) is 32.3 Å². The number of hydrogen-bond acceptors (Lipinski definition) is 3. The molecule has 1 saturated carbocycles. The average molecular weight is 294 g/mol. The first-order valence-electron chi connectivity index (χ1n) is 5.42. The Morgan fingerprint density at radius 1 is 1.65 bits per heavy atom. The van der Waals surface area contributed by atoms with Crippen molar-refractivity contribution in [1.82, 2.24) is 4.98 Å². The zero-order valence-electron chi connectivity index (χ0n) is 9.46. The topological polar surface area (TPSA) is 65.8 Å². The predicted molar refractivity (Wildman–Crippen MR) is 67.2 cm³/mol. The summed E-state index contributed by atoms with van der Waals surface area (Å²) in [6, 6.07) is 3.90.